The highest BCUT2D eigenvalue weighted by atomic mass is 16.5. The van der Waals surface area contributed by atoms with Crippen LogP contribution in [0.3, 0.4) is 0 Å². The number of nitrogens with zero attached hydrogens (tertiary/aromatic N) is 4. The molecule has 0 radical (unpaired) electrons. The Morgan fingerprint density at radius 3 is 2.57 bits per heavy atom. The molecule has 6 nitrogen and oxygen atoms in total. The molecule has 104 valence electrons. The predicted octanol–water partition coefficient (Wildman–Crippen LogP) is 2.66. The van der Waals surface area contributed by atoms with E-state index in [1.807, 2.05) is 30.3 Å². The number of pyridine rings is 1. The molecule has 0 aliphatic heterocycles. The second-order valence-corrected chi connectivity index (χ2v) is 4.35. The van der Waals surface area contributed by atoms with Crippen LogP contribution in [0, 0.1) is 0 Å². The van der Waals surface area contributed by atoms with E-state index in [0.29, 0.717) is 11.4 Å². The van der Waals surface area contributed by atoms with Gasteiger partial charge in [0, 0.05) is 17.8 Å². The lowest BCUT2D eigenvalue weighted by molar-refractivity contribution is 0.101. The first-order valence-corrected chi connectivity index (χ1v) is 6.34. The largest absolute Gasteiger partial charge is 0.404 e. The fourth-order valence-corrected chi connectivity index (χ4v) is 1.74. The zero-order chi connectivity index (χ0) is 14.7. The molecule has 2 heterocycles. The summed E-state index contributed by atoms with van der Waals surface area (Å²) in [5.41, 5.74) is 1.42. The molecular weight excluding hydrogens is 268 g/mol. The van der Waals surface area contributed by atoms with Crippen LogP contribution in [0.4, 0.5) is 0 Å². The first-order chi connectivity index (χ1) is 10.2. The summed E-state index contributed by atoms with van der Waals surface area (Å²) in [7, 11) is 0. The second-order valence-electron chi connectivity index (χ2n) is 4.35. The highest BCUT2D eigenvalue weighted by Gasteiger charge is 2.07. The lowest BCUT2D eigenvalue weighted by Gasteiger charge is -2.01. The molecule has 0 spiro atoms. The highest BCUT2D eigenvalue weighted by Crippen LogP contribution is 2.16. The molecule has 0 aliphatic rings. The van der Waals surface area contributed by atoms with E-state index >= 15 is 0 Å². The zero-order valence-corrected chi connectivity index (χ0v) is 11.3. The Morgan fingerprint density at radius 1 is 1.10 bits per heavy atom. The van der Waals surface area contributed by atoms with Gasteiger partial charge in [-0.1, -0.05) is 18.2 Å². The van der Waals surface area contributed by atoms with Crippen LogP contribution in [0.2, 0.25) is 0 Å². The molecular formula is C15H12N4O2. The first kappa shape index (κ1) is 13.0. The van der Waals surface area contributed by atoms with E-state index in [0.717, 1.165) is 5.69 Å². The number of rotatable bonds is 4. The fourth-order valence-electron chi connectivity index (χ4n) is 1.74. The Kier molecular flexibility index (Phi) is 3.42. The van der Waals surface area contributed by atoms with Crippen molar-refractivity contribution >= 4 is 5.78 Å². The van der Waals surface area contributed by atoms with Gasteiger partial charge in [-0.3, -0.25) is 4.79 Å². The Balaban J connectivity index is 1.77. The topological polar surface area (TPSA) is 69.9 Å². The molecule has 21 heavy (non-hydrogen) atoms. The van der Waals surface area contributed by atoms with Crippen LogP contribution in [0.25, 0.3) is 5.69 Å². The molecule has 0 fully saturated rings. The van der Waals surface area contributed by atoms with Crippen molar-refractivity contribution in [2.24, 2.45) is 0 Å². The van der Waals surface area contributed by atoms with Gasteiger partial charge in [0.2, 0.25) is 5.88 Å². The molecule has 0 amide bonds. The van der Waals surface area contributed by atoms with Gasteiger partial charge in [-0.05, 0) is 25.1 Å². The van der Waals surface area contributed by atoms with E-state index in [9.17, 15) is 4.79 Å². The van der Waals surface area contributed by atoms with Crippen LogP contribution in [0.1, 0.15) is 17.3 Å². The second kappa shape index (κ2) is 5.54. The van der Waals surface area contributed by atoms with E-state index in [2.05, 4.69) is 15.1 Å². The minimum Gasteiger partial charge on any atom is -0.404 e. The van der Waals surface area contributed by atoms with E-state index in [4.69, 9.17) is 4.74 Å². The minimum atomic E-state index is -0.0412. The average Bonchev–Trinajstić information content (AvgIpc) is 2.97. The number of benzene rings is 1. The molecule has 3 rings (SSSR count). The maximum Gasteiger partial charge on any atom is 0.342 e. The predicted molar refractivity (Wildman–Crippen MR) is 75.7 cm³/mol. The van der Waals surface area contributed by atoms with Crippen molar-refractivity contribution in [3.63, 3.8) is 0 Å². The minimum absolute atomic E-state index is 0.0412. The molecule has 2 aromatic heterocycles. The Morgan fingerprint density at radius 2 is 1.90 bits per heavy atom. The summed E-state index contributed by atoms with van der Waals surface area (Å²) in [6.07, 6.45) is 3.03. The molecule has 0 aliphatic carbocycles. The van der Waals surface area contributed by atoms with E-state index in [1.165, 1.54) is 13.1 Å². The number of aromatic nitrogens is 4. The molecule has 6 heteroatoms. The van der Waals surface area contributed by atoms with Gasteiger partial charge in [0.1, 0.15) is 6.33 Å². The summed E-state index contributed by atoms with van der Waals surface area (Å²) in [5, 5.41) is 4.21. The van der Waals surface area contributed by atoms with Crippen molar-refractivity contribution < 1.29 is 9.53 Å². The maximum absolute atomic E-state index is 11.2. The number of Topliss-reactive ketones (excluding diaryl/α,β-unsaturated/α-hetero) is 1. The summed E-state index contributed by atoms with van der Waals surface area (Å²) >= 11 is 0. The van der Waals surface area contributed by atoms with Crippen LogP contribution < -0.4 is 4.74 Å². The quantitative estimate of drug-likeness (QED) is 0.687. The monoisotopic (exact) mass is 280 g/mol. The Labute approximate surface area is 121 Å². The van der Waals surface area contributed by atoms with Crippen LogP contribution in [-0.2, 0) is 0 Å². The van der Waals surface area contributed by atoms with Crippen molar-refractivity contribution in [1.29, 1.82) is 0 Å². The number of ether oxygens (including phenoxy) is 1. The number of carbonyl (C=O) groups is 1. The third kappa shape index (κ3) is 2.94. The van der Waals surface area contributed by atoms with Crippen molar-refractivity contribution in [2.45, 2.75) is 6.92 Å². The van der Waals surface area contributed by atoms with Gasteiger partial charge >= 0.3 is 6.01 Å². The van der Waals surface area contributed by atoms with Crippen LogP contribution in [0.15, 0.2) is 55.0 Å². The number of para-hydroxylation sites is 1. The third-order valence-corrected chi connectivity index (χ3v) is 2.83. The molecule has 0 atom stereocenters. The summed E-state index contributed by atoms with van der Waals surface area (Å²) in [6.45, 7) is 1.49. The van der Waals surface area contributed by atoms with Gasteiger partial charge in [-0.25, -0.2) is 9.67 Å². The van der Waals surface area contributed by atoms with Gasteiger partial charge < -0.3 is 4.74 Å². The normalized spacial score (nSPS) is 10.3. The van der Waals surface area contributed by atoms with Crippen molar-refractivity contribution in [3.8, 4) is 17.6 Å². The van der Waals surface area contributed by atoms with Gasteiger partial charge in [-0.2, -0.15) is 4.98 Å². The Hall–Kier alpha value is -3.02. The van der Waals surface area contributed by atoms with Crippen molar-refractivity contribution in [1.82, 2.24) is 19.7 Å². The number of hydrogen-bond acceptors (Lipinski definition) is 5. The summed E-state index contributed by atoms with van der Waals surface area (Å²) in [6, 6.07) is 13.1. The maximum atomic E-state index is 11.2. The summed E-state index contributed by atoms with van der Waals surface area (Å²) < 4.78 is 7.06. The third-order valence-electron chi connectivity index (χ3n) is 2.83. The standard InChI is InChI=1S/C15H12N4O2/c1-11(20)12-7-8-14(16-9-12)21-15-17-10-19(18-15)13-5-3-2-4-6-13/h2-10H,1H3. The highest BCUT2D eigenvalue weighted by molar-refractivity contribution is 5.93. The average molecular weight is 280 g/mol. The van der Waals surface area contributed by atoms with Gasteiger partial charge in [0.25, 0.3) is 0 Å². The van der Waals surface area contributed by atoms with E-state index in [-0.39, 0.29) is 11.8 Å². The van der Waals surface area contributed by atoms with Gasteiger partial charge in [0.05, 0.1) is 5.69 Å². The van der Waals surface area contributed by atoms with Crippen LogP contribution in [-0.4, -0.2) is 25.5 Å². The summed E-state index contributed by atoms with van der Waals surface area (Å²) in [4.78, 5) is 19.3. The molecule has 0 bridgehead atoms. The van der Waals surface area contributed by atoms with Crippen molar-refractivity contribution in [3.05, 3.63) is 60.6 Å². The number of carbonyl (C=O) groups excluding carboxylic acids is 1. The van der Waals surface area contributed by atoms with E-state index in [1.54, 1.807) is 23.1 Å². The Bertz CT molecular complexity index is 751. The van der Waals surface area contributed by atoms with E-state index < -0.39 is 0 Å². The number of ketones is 1. The van der Waals surface area contributed by atoms with Crippen molar-refractivity contribution in [2.75, 3.05) is 0 Å². The first-order valence-electron chi connectivity index (χ1n) is 6.34. The van der Waals surface area contributed by atoms with Gasteiger partial charge in [0.15, 0.2) is 5.78 Å². The molecule has 0 saturated heterocycles. The fraction of sp³-hybridized carbons (Fsp3) is 0.0667. The lowest BCUT2D eigenvalue weighted by atomic mass is 10.2. The molecule has 1 aromatic carbocycles. The number of hydrogen-bond donors (Lipinski definition) is 0. The molecule has 0 N–H and O–H groups in total. The SMILES string of the molecule is CC(=O)c1ccc(Oc2ncn(-c3ccccc3)n2)nc1. The van der Waals surface area contributed by atoms with Crippen LogP contribution in [0.5, 0.6) is 11.9 Å². The van der Waals surface area contributed by atoms with Gasteiger partial charge in [-0.15, -0.1) is 5.10 Å². The van der Waals surface area contributed by atoms with Crippen LogP contribution >= 0.6 is 0 Å². The molecule has 3 aromatic rings. The lowest BCUT2D eigenvalue weighted by Crippen LogP contribution is -1.96. The molecule has 0 saturated carbocycles. The smallest absolute Gasteiger partial charge is 0.342 e. The zero-order valence-electron chi connectivity index (χ0n) is 11.3. The molecule has 0 unspecified atom stereocenters. The summed E-state index contributed by atoms with van der Waals surface area (Å²) in [5.74, 6) is 0.298.